The fourth-order valence-corrected chi connectivity index (χ4v) is 3.02. The van der Waals surface area contributed by atoms with Crippen molar-refractivity contribution in [3.63, 3.8) is 0 Å². The maximum Gasteiger partial charge on any atom is 0.337 e. The van der Waals surface area contributed by atoms with E-state index >= 15 is 0 Å². The number of ether oxygens (including phenoxy) is 1. The van der Waals surface area contributed by atoms with Crippen LogP contribution >= 0.6 is 0 Å². The lowest BCUT2D eigenvalue weighted by Gasteiger charge is -2.13. The molecule has 146 valence electrons. The molecule has 0 radical (unpaired) electrons. The minimum absolute atomic E-state index is 0.220. The van der Waals surface area contributed by atoms with Crippen LogP contribution in [0.2, 0.25) is 0 Å². The van der Waals surface area contributed by atoms with E-state index in [0.717, 1.165) is 13.0 Å². The molecule has 1 amide bonds. The van der Waals surface area contributed by atoms with E-state index in [4.69, 9.17) is 0 Å². The summed E-state index contributed by atoms with van der Waals surface area (Å²) in [5, 5.41) is 5.97. The highest BCUT2D eigenvalue weighted by Crippen LogP contribution is 2.20. The number of amides is 1. The van der Waals surface area contributed by atoms with E-state index < -0.39 is 5.97 Å². The van der Waals surface area contributed by atoms with Crippen molar-refractivity contribution in [3.8, 4) is 0 Å². The summed E-state index contributed by atoms with van der Waals surface area (Å²) >= 11 is 0. The van der Waals surface area contributed by atoms with Crippen LogP contribution in [0.4, 0.5) is 11.5 Å². The molecule has 1 heterocycles. The lowest BCUT2D eigenvalue weighted by Crippen LogP contribution is -2.15. The third kappa shape index (κ3) is 5.39. The van der Waals surface area contributed by atoms with Gasteiger partial charge in [-0.1, -0.05) is 11.6 Å². The molecule has 3 rings (SSSR count). The van der Waals surface area contributed by atoms with Crippen molar-refractivity contribution < 1.29 is 14.3 Å². The number of hydrogen-bond acceptors (Lipinski definition) is 6. The number of hydrogen-bond donors (Lipinski definition) is 2. The van der Waals surface area contributed by atoms with Crippen LogP contribution in [0.5, 0.6) is 0 Å². The summed E-state index contributed by atoms with van der Waals surface area (Å²) in [5.41, 5.74) is 2.70. The van der Waals surface area contributed by atoms with Crippen LogP contribution in [-0.4, -0.2) is 35.5 Å². The second-order valence-corrected chi connectivity index (χ2v) is 6.59. The van der Waals surface area contributed by atoms with Crippen molar-refractivity contribution in [3.05, 3.63) is 59.6 Å². The predicted octanol–water partition coefficient (Wildman–Crippen LogP) is 3.82. The van der Waals surface area contributed by atoms with Crippen molar-refractivity contribution in [2.75, 3.05) is 24.3 Å². The third-order valence-electron chi connectivity index (χ3n) is 4.59. The average Bonchev–Trinajstić information content (AvgIpc) is 2.75. The van der Waals surface area contributed by atoms with Crippen LogP contribution in [0.15, 0.2) is 48.3 Å². The number of carbonyl (C=O) groups excluding carboxylic acids is 2. The zero-order valence-corrected chi connectivity index (χ0v) is 15.9. The van der Waals surface area contributed by atoms with Crippen molar-refractivity contribution in [2.24, 2.45) is 0 Å². The smallest absolute Gasteiger partial charge is 0.337 e. The van der Waals surface area contributed by atoms with Crippen LogP contribution in [-0.2, 0) is 4.74 Å². The Hall–Kier alpha value is -3.22. The Morgan fingerprint density at radius 2 is 1.93 bits per heavy atom. The van der Waals surface area contributed by atoms with Gasteiger partial charge in [-0.05, 0) is 56.4 Å². The number of benzene rings is 1. The van der Waals surface area contributed by atoms with Gasteiger partial charge >= 0.3 is 5.97 Å². The normalized spacial score (nSPS) is 13.4. The Morgan fingerprint density at radius 3 is 2.57 bits per heavy atom. The van der Waals surface area contributed by atoms with Crippen molar-refractivity contribution >= 4 is 23.4 Å². The van der Waals surface area contributed by atoms with E-state index in [-0.39, 0.29) is 11.6 Å². The molecule has 0 atom stereocenters. The number of esters is 1. The molecule has 0 saturated carbocycles. The summed E-state index contributed by atoms with van der Waals surface area (Å²) in [6.07, 6.45) is 11.3. The predicted molar refractivity (Wildman–Crippen MR) is 107 cm³/mol. The Labute approximate surface area is 164 Å². The summed E-state index contributed by atoms with van der Waals surface area (Å²) in [6, 6.07) is 6.44. The lowest BCUT2D eigenvalue weighted by molar-refractivity contribution is 0.0600. The SMILES string of the molecule is COC(=O)c1ccc(NC(=O)c2cnc(NCCC3=CCCCC3)cn2)cc1. The first-order valence-electron chi connectivity index (χ1n) is 9.39. The maximum atomic E-state index is 12.3. The number of methoxy groups -OCH3 is 1. The Bertz CT molecular complexity index is 845. The molecule has 0 fully saturated rings. The number of allylic oxidation sites excluding steroid dienone is 1. The number of aromatic nitrogens is 2. The molecule has 1 aromatic carbocycles. The number of rotatable bonds is 7. The topological polar surface area (TPSA) is 93.2 Å². The molecule has 0 bridgehead atoms. The van der Waals surface area contributed by atoms with Gasteiger partial charge in [0.1, 0.15) is 11.5 Å². The van der Waals surface area contributed by atoms with Crippen molar-refractivity contribution in [1.29, 1.82) is 0 Å². The first kappa shape index (κ1) is 19.5. The molecule has 7 nitrogen and oxygen atoms in total. The summed E-state index contributed by atoms with van der Waals surface area (Å²) in [4.78, 5) is 32.1. The van der Waals surface area contributed by atoms with E-state index in [0.29, 0.717) is 17.1 Å². The van der Waals surface area contributed by atoms with Crippen LogP contribution in [0.3, 0.4) is 0 Å². The van der Waals surface area contributed by atoms with Crippen molar-refractivity contribution in [1.82, 2.24) is 9.97 Å². The van der Waals surface area contributed by atoms with Gasteiger partial charge in [0.05, 0.1) is 25.1 Å². The van der Waals surface area contributed by atoms with Gasteiger partial charge in [-0.15, -0.1) is 0 Å². The van der Waals surface area contributed by atoms with Crippen LogP contribution in [0.25, 0.3) is 0 Å². The monoisotopic (exact) mass is 380 g/mol. The number of nitrogens with one attached hydrogen (secondary N) is 2. The van der Waals surface area contributed by atoms with E-state index in [1.807, 2.05) is 0 Å². The standard InChI is InChI=1S/C21H24N4O3/c1-28-21(27)16-7-9-17(10-8-16)25-20(26)18-13-24-19(14-23-18)22-12-11-15-5-3-2-4-6-15/h5,7-10,13-14H,2-4,6,11-12H2,1H3,(H,22,24)(H,25,26). The molecule has 1 aliphatic carbocycles. The highest BCUT2D eigenvalue weighted by Gasteiger charge is 2.10. The molecule has 0 saturated heterocycles. The average molecular weight is 380 g/mol. The van der Waals surface area contributed by atoms with Gasteiger partial charge in [-0.25, -0.2) is 14.8 Å². The first-order chi connectivity index (χ1) is 13.7. The fraction of sp³-hybridized carbons (Fsp3) is 0.333. The van der Waals surface area contributed by atoms with E-state index in [1.54, 1.807) is 30.5 Å². The molecule has 0 spiro atoms. The third-order valence-corrected chi connectivity index (χ3v) is 4.59. The summed E-state index contributed by atoms with van der Waals surface area (Å²) in [5.74, 6) is -0.140. The molecular weight excluding hydrogens is 356 g/mol. The first-order valence-corrected chi connectivity index (χ1v) is 9.39. The van der Waals surface area contributed by atoms with Gasteiger partial charge < -0.3 is 15.4 Å². The van der Waals surface area contributed by atoms with Crippen LogP contribution < -0.4 is 10.6 Å². The second kappa shape index (κ2) is 9.64. The number of nitrogens with zero attached hydrogens (tertiary/aromatic N) is 2. The Kier molecular flexibility index (Phi) is 6.73. The van der Waals surface area contributed by atoms with Gasteiger partial charge in [-0.3, -0.25) is 4.79 Å². The summed E-state index contributed by atoms with van der Waals surface area (Å²) in [6.45, 7) is 0.804. The fourth-order valence-electron chi connectivity index (χ4n) is 3.02. The van der Waals surface area contributed by atoms with Crippen LogP contribution in [0.1, 0.15) is 53.0 Å². The number of anilines is 2. The van der Waals surface area contributed by atoms with E-state index in [1.165, 1.54) is 44.6 Å². The highest BCUT2D eigenvalue weighted by molar-refractivity contribution is 6.03. The van der Waals surface area contributed by atoms with Gasteiger partial charge in [0, 0.05) is 12.2 Å². The van der Waals surface area contributed by atoms with Crippen LogP contribution in [0, 0.1) is 0 Å². The highest BCUT2D eigenvalue weighted by atomic mass is 16.5. The minimum atomic E-state index is -0.424. The molecule has 1 aromatic heterocycles. The summed E-state index contributed by atoms with van der Waals surface area (Å²) < 4.78 is 4.65. The quantitative estimate of drug-likeness (QED) is 0.560. The van der Waals surface area contributed by atoms with E-state index in [9.17, 15) is 9.59 Å². The molecule has 7 heteroatoms. The summed E-state index contributed by atoms with van der Waals surface area (Å²) in [7, 11) is 1.32. The van der Waals surface area contributed by atoms with Gasteiger partial charge in [0.2, 0.25) is 0 Å². The molecule has 0 aliphatic heterocycles. The molecular formula is C21H24N4O3. The molecule has 0 unspecified atom stereocenters. The van der Waals surface area contributed by atoms with E-state index in [2.05, 4.69) is 31.4 Å². The largest absolute Gasteiger partial charge is 0.465 e. The molecule has 2 aromatic rings. The zero-order chi connectivity index (χ0) is 19.8. The zero-order valence-electron chi connectivity index (χ0n) is 15.9. The van der Waals surface area contributed by atoms with Crippen molar-refractivity contribution in [2.45, 2.75) is 32.1 Å². The Balaban J connectivity index is 1.50. The van der Waals surface area contributed by atoms with Gasteiger partial charge in [0.25, 0.3) is 5.91 Å². The second-order valence-electron chi connectivity index (χ2n) is 6.59. The van der Waals surface area contributed by atoms with Gasteiger partial charge in [-0.2, -0.15) is 0 Å². The molecule has 28 heavy (non-hydrogen) atoms. The Morgan fingerprint density at radius 1 is 1.11 bits per heavy atom. The minimum Gasteiger partial charge on any atom is -0.465 e. The van der Waals surface area contributed by atoms with Gasteiger partial charge in [0.15, 0.2) is 0 Å². The molecule has 1 aliphatic rings. The maximum absolute atomic E-state index is 12.3. The number of carbonyl (C=O) groups is 2. The lowest BCUT2D eigenvalue weighted by atomic mass is 9.97. The molecule has 2 N–H and O–H groups in total.